The van der Waals surface area contributed by atoms with Crippen molar-refractivity contribution in [3.8, 4) is 6.07 Å². The first-order chi connectivity index (χ1) is 18.3. The highest BCUT2D eigenvalue weighted by Gasteiger charge is 2.30. The average molecular weight is 527 g/mol. The SMILES string of the molecule is CC(C)(O)[C@H](Nc1c(C#N)cnc2c(Cl)cc(N[C@H](C3=CNNN3)c3cccnc3)cc12)c1ccccc1. The molecule has 0 radical (unpaired) electrons. The number of nitriles is 1. The molecule has 0 unspecified atom stereocenters. The van der Waals surface area contributed by atoms with Gasteiger partial charge in [-0.05, 0) is 43.2 Å². The van der Waals surface area contributed by atoms with Gasteiger partial charge in [-0.1, -0.05) is 48.0 Å². The topological polar surface area (TPSA) is 130 Å². The number of rotatable bonds is 8. The van der Waals surface area contributed by atoms with Crippen molar-refractivity contribution in [2.45, 2.75) is 31.5 Å². The van der Waals surface area contributed by atoms with E-state index >= 15 is 0 Å². The van der Waals surface area contributed by atoms with Gasteiger partial charge in [-0.3, -0.25) is 9.97 Å². The molecule has 0 saturated carbocycles. The number of hydrogen-bond donors (Lipinski definition) is 6. The Morgan fingerprint density at radius 2 is 1.84 bits per heavy atom. The van der Waals surface area contributed by atoms with E-state index in [1.165, 1.54) is 6.20 Å². The summed E-state index contributed by atoms with van der Waals surface area (Å²) >= 11 is 6.73. The minimum Gasteiger partial charge on any atom is -0.388 e. The number of fused-ring (bicyclic) bond motifs is 1. The maximum absolute atomic E-state index is 11.1. The summed E-state index contributed by atoms with van der Waals surface area (Å²) in [6.07, 6.45) is 6.83. The van der Waals surface area contributed by atoms with Crippen molar-refractivity contribution in [3.05, 3.63) is 107 Å². The van der Waals surface area contributed by atoms with Gasteiger partial charge >= 0.3 is 0 Å². The fourth-order valence-electron chi connectivity index (χ4n) is 4.51. The lowest BCUT2D eigenvalue weighted by Gasteiger charge is -2.32. The van der Waals surface area contributed by atoms with Gasteiger partial charge in [0.15, 0.2) is 0 Å². The van der Waals surface area contributed by atoms with E-state index in [1.807, 2.05) is 54.7 Å². The first-order valence-electron chi connectivity index (χ1n) is 12.0. The molecule has 0 fully saturated rings. The van der Waals surface area contributed by atoms with Crippen LogP contribution in [-0.2, 0) is 0 Å². The summed E-state index contributed by atoms with van der Waals surface area (Å²) in [6.45, 7) is 3.46. The minimum absolute atomic E-state index is 0.281. The Hall–Kier alpha value is -4.36. The Kier molecular flexibility index (Phi) is 7.03. The zero-order valence-corrected chi connectivity index (χ0v) is 21.6. The molecule has 3 heterocycles. The van der Waals surface area contributed by atoms with Crippen LogP contribution < -0.4 is 27.0 Å². The average Bonchev–Trinajstić information content (AvgIpc) is 3.45. The maximum atomic E-state index is 11.1. The predicted octanol–water partition coefficient (Wildman–Crippen LogP) is 4.69. The zero-order chi connectivity index (χ0) is 26.7. The Morgan fingerprint density at radius 1 is 1.05 bits per heavy atom. The van der Waals surface area contributed by atoms with Gasteiger partial charge in [-0.15, -0.1) is 0 Å². The maximum Gasteiger partial charge on any atom is 0.103 e. The highest BCUT2D eigenvalue weighted by molar-refractivity contribution is 6.35. The first kappa shape index (κ1) is 25.3. The largest absolute Gasteiger partial charge is 0.388 e. The van der Waals surface area contributed by atoms with Crippen LogP contribution in [0.15, 0.2) is 85.1 Å². The normalized spacial score (nSPS) is 14.6. The van der Waals surface area contributed by atoms with Gasteiger partial charge in [-0.2, -0.15) is 10.8 Å². The van der Waals surface area contributed by atoms with E-state index in [0.717, 1.165) is 16.8 Å². The molecular weight excluding hydrogens is 500 g/mol. The van der Waals surface area contributed by atoms with Crippen LogP contribution in [0.4, 0.5) is 11.4 Å². The van der Waals surface area contributed by atoms with Crippen LogP contribution in [0.5, 0.6) is 0 Å². The second-order valence-corrected chi connectivity index (χ2v) is 9.92. The van der Waals surface area contributed by atoms with Crippen LogP contribution in [0.2, 0.25) is 5.02 Å². The van der Waals surface area contributed by atoms with Crippen LogP contribution in [0.3, 0.4) is 0 Å². The number of nitrogens with zero attached hydrogens (tertiary/aromatic N) is 3. The molecule has 2 atom stereocenters. The number of hydrogen-bond acceptors (Lipinski definition) is 9. The highest BCUT2D eigenvalue weighted by Crippen LogP contribution is 2.38. The summed E-state index contributed by atoms with van der Waals surface area (Å²) in [7, 11) is 0. The number of aliphatic hydroxyl groups is 1. The van der Waals surface area contributed by atoms with Crippen molar-refractivity contribution in [2.75, 3.05) is 10.6 Å². The van der Waals surface area contributed by atoms with Crippen LogP contribution in [0, 0.1) is 11.3 Å². The third-order valence-electron chi connectivity index (χ3n) is 6.32. The van der Waals surface area contributed by atoms with Gasteiger partial charge in [0.1, 0.15) is 6.07 Å². The molecule has 4 aromatic rings. The van der Waals surface area contributed by atoms with Crippen LogP contribution in [0.1, 0.15) is 42.6 Å². The van der Waals surface area contributed by atoms with E-state index in [4.69, 9.17) is 11.6 Å². The molecule has 5 rings (SSSR count). The third-order valence-corrected chi connectivity index (χ3v) is 6.61. The van der Waals surface area contributed by atoms with E-state index in [-0.39, 0.29) is 6.04 Å². The number of benzene rings is 2. The monoisotopic (exact) mass is 526 g/mol. The van der Waals surface area contributed by atoms with Crippen molar-refractivity contribution in [1.29, 1.82) is 5.26 Å². The summed E-state index contributed by atoms with van der Waals surface area (Å²) in [5.74, 6) is 0. The number of hydrazine groups is 2. The van der Waals surface area contributed by atoms with Crippen molar-refractivity contribution < 1.29 is 5.11 Å². The summed E-state index contributed by atoms with van der Waals surface area (Å²) in [6, 6.07) is 18.6. The molecule has 1 aliphatic heterocycles. The molecule has 0 amide bonds. The van der Waals surface area contributed by atoms with Crippen LogP contribution in [-0.4, -0.2) is 20.7 Å². The predicted molar refractivity (Wildman–Crippen MR) is 149 cm³/mol. The Morgan fingerprint density at radius 3 is 2.50 bits per heavy atom. The van der Waals surface area contributed by atoms with Crippen LogP contribution >= 0.6 is 11.6 Å². The van der Waals surface area contributed by atoms with Gasteiger partial charge in [0.25, 0.3) is 0 Å². The molecule has 0 aliphatic carbocycles. The summed E-state index contributed by atoms with van der Waals surface area (Å²) in [5, 5.41) is 29.1. The smallest absolute Gasteiger partial charge is 0.103 e. The van der Waals surface area contributed by atoms with E-state index < -0.39 is 11.6 Å². The van der Waals surface area contributed by atoms with Gasteiger partial charge in [0.05, 0.1) is 45.2 Å². The lowest BCUT2D eigenvalue weighted by Crippen LogP contribution is -2.34. The third kappa shape index (κ3) is 5.19. The van der Waals surface area contributed by atoms with Gasteiger partial charge in [0, 0.05) is 35.9 Å². The standard InChI is InChI=1S/C28H27ClN8O/c1-28(2,38)27(17-7-4-3-5-8-17)35-24-19(13-30)15-32-26-21(24)11-20(12-22(26)29)34-25(23-16-33-37-36-23)18-9-6-10-31-14-18/h3-12,14-16,25,27,33-34,36-38H,1-2H3,(H,32,35)/t25-,27+/m0/s1. The highest BCUT2D eigenvalue weighted by atomic mass is 35.5. The van der Waals surface area contributed by atoms with Crippen molar-refractivity contribution in [1.82, 2.24) is 26.4 Å². The zero-order valence-electron chi connectivity index (χ0n) is 20.8. The Labute approximate surface area is 225 Å². The van der Waals surface area contributed by atoms with Gasteiger partial charge in [0.2, 0.25) is 0 Å². The molecule has 10 heteroatoms. The lowest BCUT2D eigenvalue weighted by atomic mass is 9.91. The Balaban J connectivity index is 1.61. The second kappa shape index (κ2) is 10.6. The van der Waals surface area contributed by atoms with E-state index in [0.29, 0.717) is 32.9 Å². The number of anilines is 2. The first-order valence-corrected chi connectivity index (χ1v) is 12.4. The van der Waals surface area contributed by atoms with Gasteiger partial charge in [-0.25, -0.2) is 0 Å². The van der Waals surface area contributed by atoms with Crippen LogP contribution in [0.25, 0.3) is 10.9 Å². The van der Waals surface area contributed by atoms with Crippen molar-refractivity contribution in [2.24, 2.45) is 0 Å². The molecule has 38 heavy (non-hydrogen) atoms. The quantitative estimate of drug-likeness (QED) is 0.194. The number of aromatic nitrogens is 2. The fourth-order valence-corrected chi connectivity index (χ4v) is 4.78. The number of pyridine rings is 2. The molecule has 2 aromatic heterocycles. The molecule has 1 aliphatic rings. The molecule has 0 saturated heterocycles. The molecule has 0 bridgehead atoms. The molecular formula is C28H27ClN8O. The lowest BCUT2D eigenvalue weighted by molar-refractivity contribution is 0.0589. The minimum atomic E-state index is -1.14. The molecule has 0 spiro atoms. The van der Waals surface area contributed by atoms with E-state index in [2.05, 4.69) is 43.1 Å². The van der Waals surface area contributed by atoms with E-state index in [9.17, 15) is 10.4 Å². The van der Waals surface area contributed by atoms with Crippen molar-refractivity contribution >= 4 is 33.9 Å². The molecule has 6 N–H and O–H groups in total. The summed E-state index contributed by atoms with van der Waals surface area (Å²) in [5.41, 5.74) is 12.6. The summed E-state index contributed by atoms with van der Waals surface area (Å²) in [4.78, 5) is 8.74. The molecule has 9 nitrogen and oxygen atoms in total. The van der Waals surface area contributed by atoms with Gasteiger partial charge < -0.3 is 26.6 Å². The molecule has 2 aromatic carbocycles. The van der Waals surface area contributed by atoms with Crippen molar-refractivity contribution in [3.63, 3.8) is 0 Å². The number of nitrogens with one attached hydrogen (secondary N) is 5. The second-order valence-electron chi connectivity index (χ2n) is 9.51. The fraction of sp³-hybridized carbons (Fsp3) is 0.179. The molecule has 192 valence electrons. The van der Waals surface area contributed by atoms with E-state index in [1.54, 1.807) is 32.3 Å². The summed E-state index contributed by atoms with van der Waals surface area (Å²) < 4.78 is 0. The Bertz CT molecular complexity index is 1510. The number of halogens is 1.